The van der Waals surface area contributed by atoms with Crippen LogP contribution in [0.2, 0.25) is 0 Å². The Labute approximate surface area is 412 Å². The summed E-state index contributed by atoms with van der Waals surface area (Å²) in [7, 11) is 0. The molecule has 7 heteroatoms. The van der Waals surface area contributed by atoms with Gasteiger partial charge in [-0.1, -0.05) is 204 Å². The fourth-order valence-electron chi connectivity index (χ4n) is 8.03. The van der Waals surface area contributed by atoms with E-state index in [2.05, 4.69) is 208 Å². The van der Waals surface area contributed by atoms with Crippen molar-refractivity contribution in [2.45, 2.75) is 0 Å². The van der Waals surface area contributed by atoms with Crippen molar-refractivity contribution >= 4 is 47.8 Å². The third-order valence-electron chi connectivity index (χ3n) is 11.0. The molecule has 306 valence electrons. The standard InChI is InChI=1S/C57H33Br3N3.Ir/c58-52-34-37(55-19-7-10-28-61-55)22-25-49(52)46-16-4-1-13-43(46)40-31-41(44-14-2-5-17-47(44)50-26-23-38(35-53(50)59)56-20-8-11-29-62-56)33-42(32-40)45-15-3-6-18-48(45)51-27-24-39(36-54(51)60)57-21-9-12-30-63-57;/h1-21,25-36H;/q-3;+3. The number of hydrogen-bond acceptors (Lipinski definition) is 3. The van der Waals surface area contributed by atoms with Gasteiger partial charge in [0.05, 0.1) is 0 Å². The van der Waals surface area contributed by atoms with Gasteiger partial charge in [-0.3, -0.25) is 0 Å². The number of rotatable bonds is 9. The van der Waals surface area contributed by atoms with E-state index in [1.54, 1.807) is 0 Å². The number of nitrogens with zero attached hydrogens (tertiary/aromatic N) is 3. The molecule has 0 atom stereocenters. The van der Waals surface area contributed by atoms with Gasteiger partial charge in [0, 0.05) is 18.6 Å². The Kier molecular flexibility index (Phi) is 13.2. The van der Waals surface area contributed by atoms with Crippen LogP contribution in [0, 0.1) is 18.2 Å². The van der Waals surface area contributed by atoms with Crippen molar-refractivity contribution in [2.75, 3.05) is 0 Å². The summed E-state index contributed by atoms with van der Waals surface area (Å²) in [5.41, 5.74) is 18.3. The van der Waals surface area contributed by atoms with E-state index in [0.29, 0.717) is 0 Å². The van der Waals surface area contributed by atoms with E-state index in [-0.39, 0.29) is 20.1 Å². The van der Waals surface area contributed by atoms with Gasteiger partial charge in [-0.05, 0) is 86.9 Å². The monoisotopic (exact) mass is 1190 g/mol. The molecule has 0 saturated heterocycles. The zero-order valence-electron chi connectivity index (χ0n) is 33.9. The molecular formula is C57H33Br3IrN3. The minimum absolute atomic E-state index is 0. The van der Waals surface area contributed by atoms with Crippen LogP contribution < -0.4 is 0 Å². The van der Waals surface area contributed by atoms with Crippen LogP contribution >= 0.6 is 47.8 Å². The molecule has 0 aliphatic rings. The Balaban J connectivity index is 0.00000518. The van der Waals surface area contributed by atoms with Crippen molar-refractivity contribution in [2.24, 2.45) is 0 Å². The van der Waals surface area contributed by atoms with Crippen LogP contribution in [0.1, 0.15) is 0 Å². The summed E-state index contributed by atoms with van der Waals surface area (Å²) in [5, 5.41) is 0. The quantitative estimate of drug-likeness (QED) is 0.135. The van der Waals surface area contributed by atoms with E-state index < -0.39 is 0 Å². The number of halogens is 3. The molecule has 3 aromatic heterocycles. The van der Waals surface area contributed by atoms with Crippen LogP contribution in [0.4, 0.5) is 0 Å². The molecule has 10 rings (SSSR count). The second-order valence-electron chi connectivity index (χ2n) is 14.9. The number of hydrogen-bond donors (Lipinski definition) is 0. The zero-order valence-corrected chi connectivity index (χ0v) is 41.0. The van der Waals surface area contributed by atoms with Gasteiger partial charge < -0.3 is 15.0 Å². The topological polar surface area (TPSA) is 38.7 Å². The van der Waals surface area contributed by atoms with Crippen LogP contribution in [-0.4, -0.2) is 15.0 Å². The maximum atomic E-state index is 4.57. The van der Waals surface area contributed by atoms with Crippen molar-refractivity contribution < 1.29 is 20.1 Å². The predicted molar refractivity (Wildman–Crippen MR) is 268 cm³/mol. The molecule has 0 radical (unpaired) electrons. The summed E-state index contributed by atoms with van der Waals surface area (Å²) in [4.78, 5) is 13.7. The van der Waals surface area contributed by atoms with Gasteiger partial charge in [0.1, 0.15) is 0 Å². The van der Waals surface area contributed by atoms with Crippen molar-refractivity contribution in [1.29, 1.82) is 0 Å². The molecule has 0 bridgehead atoms. The molecule has 0 unspecified atom stereocenters. The Morgan fingerprint density at radius 2 is 0.562 bits per heavy atom. The third kappa shape index (κ3) is 8.92. The van der Waals surface area contributed by atoms with Crippen molar-refractivity contribution in [3.8, 4) is 101 Å². The van der Waals surface area contributed by atoms with Crippen molar-refractivity contribution in [1.82, 2.24) is 15.0 Å². The molecule has 7 aromatic carbocycles. The maximum absolute atomic E-state index is 4.57. The van der Waals surface area contributed by atoms with Crippen LogP contribution in [0.15, 0.2) is 214 Å². The average molecular weight is 1190 g/mol. The summed E-state index contributed by atoms with van der Waals surface area (Å²) in [6.07, 6.45) is 5.43. The SMILES string of the molecule is Brc1cc(-c2ccccn2)[c-]cc1-c1ccccc1-c1cc(-c2ccccc2-c2c[c-]c(-c3ccccn3)cc2Br)cc(-c2ccccc2-c2c[c-]c(-c3ccccn3)cc2Br)c1.[Ir+3]. The van der Waals surface area contributed by atoms with Crippen molar-refractivity contribution in [3.05, 3.63) is 232 Å². The summed E-state index contributed by atoms with van der Waals surface area (Å²) in [5.74, 6) is 0. The van der Waals surface area contributed by atoms with Crippen LogP contribution in [0.25, 0.3) is 101 Å². The first-order valence-electron chi connectivity index (χ1n) is 20.3. The smallest absolute Gasteiger partial charge is 0.305 e. The zero-order chi connectivity index (χ0) is 42.7. The molecule has 0 spiro atoms. The number of pyridine rings is 3. The molecule has 3 nitrogen and oxygen atoms in total. The largest absolute Gasteiger partial charge is 3.00 e. The molecule has 10 aromatic rings. The Morgan fingerprint density at radius 1 is 0.297 bits per heavy atom. The van der Waals surface area contributed by atoms with Gasteiger partial charge in [0.25, 0.3) is 0 Å². The van der Waals surface area contributed by atoms with E-state index in [1.807, 2.05) is 73.2 Å². The third-order valence-corrected chi connectivity index (χ3v) is 13.0. The van der Waals surface area contributed by atoms with Crippen LogP contribution in [-0.2, 0) is 20.1 Å². The van der Waals surface area contributed by atoms with Crippen LogP contribution in [0.5, 0.6) is 0 Å². The summed E-state index contributed by atoms with van der Waals surface area (Å²) in [6.45, 7) is 0. The second kappa shape index (κ2) is 19.4. The van der Waals surface area contributed by atoms with Crippen molar-refractivity contribution in [3.63, 3.8) is 0 Å². The van der Waals surface area contributed by atoms with Crippen LogP contribution in [0.3, 0.4) is 0 Å². The minimum atomic E-state index is 0. The molecule has 64 heavy (non-hydrogen) atoms. The summed E-state index contributed by atoms with van der Waals surface area (Å²) >= 11 is 11.8. The molecule has 0 aliphatic carbocycles. The van der Waals surface area contributed by atoms with E-state index in [1.165, 1.54) is 0 Å². The molecule has 3 heterocycles. The normalized spacial score (nSPS) is 10.9. The van der Waals surface area contributed by atoms with E-state index in [0.717, 1.165) is 114 Å². The van der Waals surface area contributed by atoms with E-state index in [4.69, 9.17) is 0 Å². The first-order valence-corrected chi connectivity index (χ1v) is 22.7. The molecular weight excluding hydrogens is 1160 g/mol. The minimum Gasteiger partial charge on any atom is -0.305 e. The van der Waals surface area contributed by atoms with Gasteiger partial charge in [0.2, 0.25) is 0 Å². The Bertz CT molecular complexity index is 2910. The van der Waals surface area contributed by atoms with Gasteiger partial charge in [-0.25, -0.2) is 0 Å². The molecule has 0 saturated carbocycles. The first kappa shape index (κ1) is 43.3. The maximum Gasteiger partial charge on any atom is 3.00 e. The molecule has 0 fully saturated rings. The fraction of sp³-hybridized carbons (Fsp3) is 0. The fourth-order valence-corrected chi connectivity index (χ4v) is 9.70. The van der Waals surface area contributed by atoms with E-state index in [9.17, 15) is 0 Å². The van der Waals surface area contributed by atoms with Gasteiger partial charge >= 0.3 is 20.1 Å². The predicted octanol–water partition coefficient (Wildman–Crippen LogP) is 16.6. The molecule has 0 N–H and O–H groups in total. The Hall–Kier alpha value is -5.92. The van der Waals surface area contributed by atoms with Gasteiger partial charge in [-0.15, -0.1) is 71.3 Å². The van der Waals surface area contributed by atoms with E-state index >= 15 is 0 Å². The van der Waals surface area contributed by atoms with Gasteiger partial charge in [0.15, 0.2) is 0 Å². The first-order chi connectivity index (χ1) is 31.0. The number of benzene rings is 7. The van der Waals surface area contributed by atoms with Gasteiger partial charge in [-0.2, -0.15) is 0 Å². The summed E-state index contributed by atoms with van der Waals surface area (Å²) < 4.78 is 2.89. The second-order valence-corrected chi connectivity index (χ2v) is 17.5. The molecule has 0 amide bonds. The summed E-state index contributed by atoms with van der Waals surface area (Å²) in [6, 6.07) is 73.6. The Morgan fingerprint density at radius 3 is 0.812 bits per heavy atom. The number of aromatic nitrogens is 3. The average Bonchev–Trinajstić information content (AvgIpc) is 3.34. The molecule has 0 aliphatic heterocycles.